The second-order valence-corrected chi connectivity index (χ2v) is 7.91. The molecule has 0 bridgehead atoms. The third-order valence-corrected chi connectivity index (χ3v) is 6.08. The number of methoxy groups -OCH3 is 1. The summed E-state index contributed by atoms with van der Waals surface area (Å²) >= 11 is 0. The van der Waals surface area contributed by atoms with Crippen molar-refractivity contribution in [2.45, 2.75) is 65.0 Å². The molecule has 28 heavy (non-hydrogen) atoms. The van der Waals surface area contributed by atoms with E-state index in [0.717, 1.165) is 32.1 Å². The summed E-state index contributed by atoms with van der Waals surface area (Å²) in [6, 6.07) is -0.615. The molecular weight excluding hydrogens is 360 g/mol. The Morgan fingerprint density at radius 2 is 1.93 bits per heavy atom. The van der Waals surface area contributed by atoms with Crippen LogP contribution in [0.3, 0.4) is 0 Å². The number of hydrogen-bond donors (Lipinski definition) is 1. The van der Waals surface area contributed by atoms with E-state index >= 15 is 0 Å². The van der Waals surface area contributed by atoms with Crippen molar-refractivity contribution in [3.05, 3.63) is 22.5 Å². The van der Waals surface area contributed by atoms with Crippen molar-refractivity contribution in [2.24, 2.45) is 5.92 Å². The summed E-state index contributed by atoms with van der Waals surface area (Å²) in [6.07, 6.45) is 4.71. The van der Waals surface area contributed by atoms with Gasteiger partial charge in [-0.2, -0.15) is 0 Å². The molecule has 2 atom stereocenters. The fourth-order valence-electron chi connectivity index (χ4n) is 4.11. The molecular formula is C21H30N2O5. The summed E-state index contributed by atoms with van der Waals surface area (Å²) in [4.78, 5) is 43.0. The Morgan fingerprint density at radius 3 is 2.46 bits per heavy atom. The van der Waals surface area contributed by atoms with Gasteiger partial charge in [-0.1, -0.05) is 6.42 Å². The molecule has 1 aromatic rings. The first-order valence-corrected chi connectivity index (χ1v) is 10.1. The molecule has 0 spiro atoms. The van der Waals surface area contributed by atoms with E-state index in [0.29, 0.717) is 30.0 Å². The molecule has 1 saturated heterocycles. The lowest BCUT2D eigenvalue weighted by atomic mass is 9.83. The summed E-state index contributed by atoms with van der Waals surface area (Å²) in [6.45, 7) is 6.41. The fraction of sp³-hybridized carbons (Fsp3) is 0.667. The number of nitrogens with zero attached hydrogens (tertiary/aromatic N) is 1. The number of esters is 1. The monoisotopic (exact) mass is 390 g/mol. The molecule has 154 valence electrons. The molecule has 7 heteroatoms. The van der Waals surface area contributed by atoms with Gasteiger partial charge in [0, 0.05) is 30.3 Å². The summed E-state index contributed by atoms with van der Waals surface area (Å²) in [5, 5.41) is 0. The molecule has 1 aliphatic carbocycles. The number of amides is 1. The molecule has 1 saturated carbocycles. The first kappa shape index (κ1) is 20.6. The van der Waals surface area contributed by atoms with E-state index in [9.17, 15) is 14.4 Å². The van der Waals surface area contributed by atoms with E-state index in [1.54, 1.807) is 25.7 Å². The standard InChI is InChI=1S/C21H30N2O5/c1-12-17(13(2)22-18(12)21(26)27-4)19(24)14(3)23(11-16-9-6-10-28-16)20(25)15-7-5-8-15/h14-16,22H,5-11H2,1-4H3. The lowest BCUT2D eigenvalue weighted by Gasteiger charge is -2.36. The lowest BCUT2D eigenvalue weighted by molar-refractivity contribution is -0.141. The molecule has 0 aromatic carbocycles. The molecule has 2 aliphatic rings. The van der Waals surface area contributed by atoms with Gasteiger partial charge in [0.15, 0.2) is 5.78 Å². The van der Waals surface area contributed by atoms with Gasteiger partial charge >= 0.3 is 5.97 Å². The molecule has 2 unspecified atom stereocenters. The number of H-pyrrole nitrogens is 1. The van der Waals surface area contributed by atoms with Gasteiger partial charge in [0.25, 0.3) is 0 Å². The van der Waals surface area contributed by atoms with Gasteiger partial charge in [-0.3, -0.25) is 9.59 Å². The second kappa shape index (κ2) is 8.47. The number of carbonyl (C=O) groups excluding carboxylic acids is 3. The normalized spacial score (nSPS) is 20.5. The first-order chi connectivity index (χ1) is 13.3. The number of ether oxygens (including phenoxy) is 2. The summed E-state index contributed by atoms with van der Waals surface area (Å²) < 4.78 is 10.5. The summed E-state index contributed by atoms with van der Waals surface area (Å²) in [5.74, 6) is -0.613. The number of carbonyl (C=O) groups is 3. The highest BCUT2D eigenvalue weighted by molar-refractivity contribution is 6.06. The van der Waals surface area contributed by atoms with E-state index in [2.05, 4.69) is 4.98 Å². The average Bonchev–Trinajstić information content (AvgIpc) is 3.24. The fourth-order valence-corrected chi connectivity index (χ4v) is 4.11. The van der Waals surface area contributed by atoms with Crippen molar-refractivity contribution in [3.8, 4) is 0 Å². The second-order valence-electron chi connectivity index (χ2n) is 7.91. The Morgan fingerprint density at radius 1 is 1.21 bits per heavy atom. The maximum absolute atomic E-state index is 13.4. The number of ketones is 1. The molecule has 7 nitrogen and oxygen atoms in total. The molecule has 1 aliphatic heterocycles. The van der Waals surface area contributed by atoms with Crippen LogP contribution in [0.1, 0.15) is 71.1 Å². The van der Waals surface area contributed by atoms with E-state index in [1.807, 2.05) is 0 Å². The van der Waals surface area contributed by atoms with Crippen LogP contribution >= 0.6 is 0 Å². The van der Waals surface area contributed by atoms with Crippen molar-refractivity contribution in [1.29, 1.82) is 0 Å². The highest BCUT2D eigenvalue weighted by Gasteiger charge is 2.37. The number of aryl methyl sites for hydroxylation is 1. The van der Waals surface area contributed by atoms with Gasteiger partial charge in [-0.15, -0.1) is 0 Å². The van der Waals surface area contributed by atoms with Crippen LogP contribution in [0.2, 0.25) is 0 Å². The van der Waals surface area contributed by atoms with Crippen LogP contribution in [-0.2, 0) is 14.3 Å². The molecule has 1 aromatic heterocycles. The number of aromatic amines is 1. The van der Waals surface area contributed by atoms with Crippen LogP contribution in [0.25, 0.3) is 0 Å². The van der Waals surface area contributed by atoms with Gasteiger partial charge < -0.3 is 19.4 Å². The van der Waals surface area contributed by atoms with Crippen molar-refractivity contribution < 1.29 is 23.9 Å². The zero-order valence-corrected chi connectivity index (χ0v) is 17.2. The largest absolute Gasteiger partial charge is 0.464 e. The third-order valence-electron chi connectivity index (χ3n) is 6.08. The van der Waals surface area contributed by atoms with Gasteiger partial charge in [0.1, 0.15) is 5.69 Å². The average molecular weight is 390 g/mol. The zero-order valence-electron chi connectivity index (χ0n) is 17.2. The van der Waals surface area contributed by atoms with Crippen LogP contribution < -0.4 is 0 Å². The quantitative estimate of drug-likeness (QED) is 0.571. The maximum atomic E-state index is 13.4. The molecule has 2 heterocycles. The number of Topliss-reactive ketones (excluding diaryl/α,β-unsaturated/α-hetero) is 1. The number of aromatic nitrogens is 1. The molecule has 0 radical (unpaired) electrons. The number of rotatable bonds is 7. The predicted octanol–water partition coefficient (Wildman–Crippen LogP) is 2.80. The third kappa shape index (κ3) is 3.85. The van der Waals surface area contributed by atoms with Crippen LogP contribution in [0.4, 0.5) is 0 Å². The van der Waals surface area contributed by atoms with Gasteiger partial charge in [0.2, 0.25) is 5.91 Å². The number of nitrogens with one attached hydrogen (secondary N) is 1. The van der Waals surface area contributed by atoms with E-state index < -0.39 is 12.0 Å². The first-order valence-electron chi connectivity index (χ1n) is 10.1. The minimum absolute atomic E-state index is 0.00991. The topological polar surface area (TPSA) is 88.7 Å². The molecule has 2 fully saturated rings. The zero-order chi connectivity index (χ0) is 20.4. The van der Waals surface area contributed by atoms with Crippen molar-refractivity contribution in [2.75, 3.05) is 20.3 Å². The smallest absolute Gasteiger partial charge is 0.354 e. The minimum Gasteiger partial charge on any atom is -0.464 e. The van der Waals surface area contributed by atoms with Gasteiger partial charge in [-0.25, -0.2) is 4.79 Å². The van der Waals surface area contributed by atoms with Crippen LogP contribution in [0, 0.1) is 19.8 Å². The lowest BCUT2D eigenvalue weighted by Crippen LogP contribution is -2.50. The van der Waals surface area contributed by atoms with E-state index in [4.69, 9.17) is 9.47 Å². The van der Waals surface area contributed by atoms with Crippen LogP contribution in [-0.4, -0.2) is 60.0 Å². The van der Waals surface area contributed by atoms with Crippen molar-refractivity contribution in [1.82, 2.24) is 9.88 Å². The SMILES string of the molecule is COC(=O)c1[nH]c(C)c(C(=O)C(C)N(CC2CCCO2)C(=O)C2CCC2)c1C. The highest BCUT2D eigenvalue weighted by atomic mass is 16.5. The molecule has 1 amide bonds. The summed E-state index contributed by atoms with van der Waals surface area (Å²) in [5.41, 5.74) is 1.93. The van der Waals surface area contributed by atoms with Crippen LogP contribution in [0.5, 0.6) is 0 Å². The Labute approximate surface area is 165 Å². The Balaban J connectivity index is 1.86. The summed E-state index contributed by atoms with van der Waals surface area (Å²) in [7, 11) is 1.31. The van der Waals surface area contributed by atoms with E-state index in [-0.39, 0.29) is 29.4 Å². The minimum atomic E-state index is -0.615. The molecule has 3 rings (SSSR count). The van der Waals surface area contributed by atoms with Gasteiger partial charge in [0.05, 0.1) is 19.3 Å². The van der Waals surface area contributed by atoms with Crippen molar-refractivity contribution in [3.63, 3.8) is 0 Å². The highest BCUT2D eigenvalue weighted by Crippen LogP contribution is 2.31. The Hall–Kier alpha value is -2.15. The van der Waals surface area contributed by atoms with Gasteiger partial charge in [-0.05, 0) is 52.0 Å². The van der Waals surface area contributed by atoms with E-state index in [1.165, 1.54) is 7.11 Å². The van der Waals surface area contributed by atoms with Crippen LogP contribution in [0.15, 0.2) is 0 Å². The molecule has 1 N–H and O–H groups in total. The predicted molar refractivity (Wildman–Crippen MR) is 103 cm³/mol. The Kier molecular flexibility index (Phi) is 6.23. The maximum Gasteiger partial charge on any atom is 0.354 e. The number of hydrogen-bond acceptors (Lipinski definition) is 5. The van der Waals surface area contributed by atoms with Crippen molar-refractivity contribution >= 4 is 17.7 Å². The Bertz CT molecular complexity index is 759.